The van der Waals surface area contributed by atoms with Crippen molar-refractivity contribution in [3.05, 3.63) is 71.3 Å². The summed E-state index contributed by atoms with van der Waals surface area (Å²) in [5, 5.41) is 0. The third-order valence-corrected chi connectivity index (χ3v) is 3.74. The molecule has 0 aliphatic carbocycles. The first kappa shape index (κ1) is 14.7. The maximum absolute atomic E-state index is 13.1. The van der Waals surface area contributed by atoms with E-state index < -0.39 is 0 Å². The van der Waals surface area contributed by atoms with Gasteiger partial charge in [0.15, 0.2) is 0 Å². The quantitative estimate of drug-likeness (QED) is 0.853. The minimum atomic E-state index is -0.381. The number of morpholine rings is 1. The van der Waals surface area contributed by atoms with E-state index in [9.17, 15) is 13.6 Å². The highest BCUT2D eigenvalue weighted by atomic mass is 19.1. The summed E-state index contributed by atoms with van der Waals surface area (Å²) in [5.74, 6) is -0.886. The molecule has 114 valence electrons. The molecule has 3 rings (SSSR count). The van der Waals surface area contributed by atoms with E-state index in [-0.39, 0.29) is 23.6 Å². The maximum atomic E-state index is 13.1. The fourth-order valence-electron chi connectivity index (χ4n) is 2.57. The van der Waals surface area contributed by atoms with Crippen molar-refractivity contribution < 1.29 is 18.3 Å². The smallest absolute Gasteiger partial charge is 0.254 e. The second kappa shape index (κ2) is 6.23. The molecular weight excluding hydrogens is 288 g/mol. The average molecular weight is 303 g/mol. The Bertz CT molecular complexity index is 655. The Morgan fingerprint density at radius 1 is 1.00 bits per heavy atom. The zero-order chi connectivity index (χ0) is 15.5. The zero-order valence-corrected chi connectivity index (χ0v) is 11.8. The highest BCUT2D eigenvalue weighted by Gasteiger charge is 2.29. The van der Waals surface area contributed by atoms with Crippen molar-refractivity contribution in [1.82, 2.24) is 4.90 Å². The summed E-state index contributed by atoms with van der Waals surface area (Å²) in [6.45, 7) is 1.25. The standard InChI is InChI=1S/C17H15F2NO2/c18-14-5-1-12(2-6-14)16-11-22-10-9-20(16)17(21)13-3-7-15(19)8-4-13/h1-8,16H,9-11H2. The normalized spacial score (nSPS) is 18.3. The van der Waals surface area contributed by atoms with Gasteiger partial charge in [-0.15, -0.1) is 0 Å². The Labute approximate surface area is 127 Å². The molecule has 5 heteroatoms. The molecule has 1 saturated heterocycles. The molecule has 0 spiro atoms. The van der Waals surface area contributed by atoms with Crippen LogP contribution >= 0.6 is 0 Å². The van der Waals surface area contributed by atoms with E-state index in [4.69, 9.17) is 4.74 Å². The van der Waals surface area contributed by atoms with E-state index in [1.54, 1.807) is 17.0 Å². The van der Waals surface area contributed by atoms with Gasteiger partial charge in [0.2, 0.25) is 0 Å². The summed E-state index contributed by atoms with van der Waals surface area (Å²) in [7, 11) is 0. The van der Waals surface area contributed by atoms with Crippen LogP contribution in [0.4, 0.5) is 8.78 Å². The lowest BCUT2D eigenvalue weighted by molar-refractivity contribution is -0.00271. The van der Waals surface area contributed by atoms with Crippen LogP contribution in [0.1, 0.15) is 22.0 Å². The van der Waals surface area contributed by atoms with Crippen molar-refractivity contribution in [3.8, 4) is 0 Å². The SMILES string of the molecule is O=C(c1ccc(F)cc1)N1CCOCC1c1ccc(F)cc1. The molecule has 0 N–H and O–H groups in total. The summed E-state index contributed by atoms with van der Waals surface area (Å²) >= 11 is 0. The number of nitrogens with zero attached hydrogens (tertiary/aromatic N) is 1. The molecule has 1 fully saturated rings. The van der Waals surface area contributed by atoms with Crippen LogP contribution in [0.25, 0.3) is 0 Å². The molecule has 2 aromatic rings. The van der Waals surface area contributed by atoms with Gasteiger partial charge < -0.3 is 9.64 Å². The first-order chi connectivity index (χ1) is 10.6. The summed E-state index contributed by atoms with van der Waals surface area (Å²) in [5.41, 5.74) is 1.24. The number of benzene rings is 2. The lowest BCUT2D eigenvalue weighted by atomic mass is 10.0. The van der Waals surface area contributed by atoms with Crippen molar-refractivity contribution in [2.45, 2.75) is 6.04 Å². The zero-order valence-electron chi connectivity index (χ0n) is 11.8. The van der Waals surface area contributed by atoms with Gasteiger partial charge in [-0.25, -0.2) is 8.78 Å². The Hall–Kier alpha value is -2.27. The molecule has 2 aromatic carbocycles. The van der Waals surface area contributed by atoms with Gasteiger partial charge in [-0.05, 0) is 42.0 Å². The molecule has 1 heterocycles. The van der Waals surface area contributed by atoms with Gasteiger partial charge >= 0.3 is 0 Å². The molecule has 1 unspecified atom stereocenters. The van der Waals surface area contributed by atoms with Gasteiger partial charge in [0.05, 0.1) is 19.3 Å². The predicted octanol–water partition coefficient (Wildman–Crippen LogP) is 3.18. The number of rotatable bonds is 2. The first-order valence-corrected chi connectivity index (χ1v) is 7.05. The number of halogens is 2. The van der Waals surface area contributed by atoms with Crippen molar-refractivity contribution in [2.24, 2.45) is 0 Å². The summed E-state index contributed by atoms with van der Waals surface area (Å²) in [6, 6.07) is 11.2. The van der Waals surface area contributed by atoms with Crippen LogP contribution in [0.5, 0.6) is 0 Å². The average Bonchev–Trinajstić information content (AvgIpc) is 2.56. The molecule has 0 aromatic heterocycles. The van der Waals surface area contributed by atoms with Crippen molar-refractivity contribution >= 4 is 5.91 Å². The Kier molecular flexibility index (Phi) is 4.15. The molecule has 22 heavy (non-hydrogen) atoms. The summed E-state index contributed by atoms with van der Waals surface area (Å²) < 4.78 is 31.5. The fourth-order valence-corrected chi connectivity index (χ4v) is 2.57. The van der Waals surface area contributed by atoms with E-state index in [2.05, 4.69) is 0 Å². The second-order valence-corrected chi connectivity index (χ2v) is 5.15. The predicted molar refractivity (Wildman–Crippen MR) is 77.4 cm³/mol. The van der Waals surface area contributed by atoms with Crippen LogP contribution in [0, 0.1) is 11.6 Å². The van der Waals surface area contributed by atoms with Crippen molar-refractivity contribution in [2.75, 3.05) is 19.8 Å². The molecule has 1 amide bonds. The molecule has 0 radical (unpaired) electrons. The van der Waals surface area contributed by atoms with Gasteiger partial charge in [-0.3, -0.25) is 4.79 Å². The number of hydrogen-bond donors (Lipinski definition) is 0. The molecule has 0 bridgehead atoms. The minimum absolute atomic E-state index is 0.183. The van der Waals surface area contributed by atoms with Crippen LogP contribution in [0.2, 0.25) is 0 Å². The Balaban J connectivity index is 1.87. The summed E-state index contributed by atoms with van der Waals surface area (Å²) in [6.07, 6.45) is 0. The number of carbonyl (C=O) groups excluding carboxylic acids is 1. The molecular formula is C17H15F2NO2. The van der Waals surface area contributed by atoms with Gasteiger partial charge in [0.25, 0.3) is 5.91 Å². The maximum Gasteiger partial charge on any atom is 0.254 e. The largest absolute Gasteiger partial charge is 0.377 e. The first-order valence-electron chi connectivity index (χ1n) is 7.05. The van der Waals surface area contributed by atoms with E-state index in [1.807, 2.05) is 0 Å². The highest BCUT2D eigenvalue weighted by molar-refractivity contribution is 5.94. The topological polar surface area (TPSA) is 29.5 Å². The third-order valence-electron chi connectivity index (χ3n) is 3.74. The van der Waals surface area contributed by atoms with Gasteiger partial charge in [0, 0.05) is 12.1 Å². The monoisotopic (exact) mass is 303 g/mol. The summed E-state index contributed by atoms with van der Waals surface area (Å²) in [4.78, 5) is 14.3. The number of amides is 1. The highest BCUT2D eigenvalue weighted by Crippen LogP contribution is 2.26. The van der Waals surface area contributed by atoms with Crippen LogP contribution in [0.15, 0.2) is 48.5 Å². The van der Waals surface area contributed by atoms with Crippen LogP contribution in [0.3, 0.4) is 0 Å². The van der Waals surface area contributed by atoms with Crippen LogP contribution < -0.4 is 0 Å². The van der Waals surface area contributed by atoms with Crippen molar-refractivity contribution in [1.29, 1.82) is 0 Å². The number of hydrogen-bond acceptors (Lipinski definition) is 2. The third kappa shape index (κ3) is 2.99. The van der Waals surface area contributed by atoms with Crippen molar-refractivity contribution in [3.63, 3.8) is 0 Å². The van der Waals surface area contributed by atoms with Gasteiger partial charge in [-0.2, -0.15) is 0 Å². The second-order valence-electron chi connectivity index (χ2n) is 5.15. The molecule has 3 nitrogen and oxygen atoms in total. The van der Waals surface area contributed by atoms with Crippen LogP contribution in [-0.2, 0) is 4.74 Å². The fraction of sp³-hybridized carbons (Fsp3) is 0.235. The van der Waals surface area contributed by atoms with E-state index in [0.717, 1.165) is 5.56 Å². The lowest BCUT2D eigenvalue weighted by Gasteiger charge is -2.36. The molecule has 1 atom stereocenters. The molecule has 0 saturated carbocycles. The van der Waals surface area contributed by atoms with Gasteiger partial charge in [-0.1, -0.05) is 12.1 Å². The molecule has 1 aliphatic heterocycles. The number of ether oxygens (including phenoxy) is 1. The lowest BCUT2D eigenvalue weighted by Crippen LogP contribution is -2.43. The Morgan fingerprint density at radius 3 is 2.23 bits per heavy atom. The molecule has 1 aliphatic rings. The van der Waals surface area contributed by atoms with Crippen LogP contribution in [-0.4, -0.2) is 30.6 Å². The number of carbonyl (C=O) groups is 1. The van der Waals surface area contributed by atoms with E-state index >= 15 is 0 Å². The van der Waals surface area contributed by atoms with E-state index in [0.29, 0.717) is 25.3 Å². The van der Waals surface area contributed by atoms with Gasteiger partial charge in [0.1, 0.15) is 11.6 Å². The minimum Gasteiger partial charge on any atom is -0.377 e. The van der Waals surface area contributed by atoms with E-state index in [1.165, 1.54) is 36.4 Å². The Morgan fingerprint density at radius 2 is 1.59 bits per heavy atom.